The van der Waals surface area contributed by atoms with Crippen molar-refractivity contribution in [3.8, 4) is 0 Å². The minimum atomic E-state index is 0.593. The summed E-state index contributed by atoms with van der Waals surface area (Å²) >= 11 is 3.54. The first-order valence-corrected chi connectivity index (χ1v) is 8.30. The van der Waals surface area contributed by atoms with E-state index in [0.717, 1.165) is 47.5 Å². The minimum Gasteiger partial charge on any atom is -0.381 e. The van der Waals surface area contributed by atoms with Gasteiger partial charge in [-0.05, 0) is 43.9 Å². The van der Waals surface area contributed by atoms with Gasteiger partial charge < -0.3 is 9.64 Å². The lowest BCUT2D eigenvalue weighted by atomic mass is 9.98. The predicted octanol–water partition coefficient (Wildman–Crippen LogP) is 3.65. The number of benzene rings is 1. The van der Waals surface area contributed by atoms with Crippen molar-refractivity contribution < 1.29 is 4.74 Å². The molecule has 1 atom stereocenters. The average molecular weight is 350 g/mol. The first-order chi connectivity index (χ1) is 10.3. The SMILES string of the molecule is CCOCC1CCCN(c2ncnc3ccc(Br)cc23)C1. The second-order valence-corrected chi connectivity index (χ2v) is 6.39. The number of halogens is 1. The summed E-state index contributed by atoms with van der Waals surface area (Å²) in [5, 5.41) is 1.11. The van der Waals surface area contributed by atoms with Crippen LogP contribution in [0.25, 0.3) is 10.9 Å². The molecule has 0 N–H and O–H groups in total. The molecule has 0 spiro atoms. The molecule has 21 heavy (non-hydrogen) atoms. The van der Waals surface area contributed by atoms with Gasteiger partial charge in [-0.2, -0.15) is 0 Å². The molecule has 0 amide bonds. The normalized spacial score (nSPS) is 19.1. The fourth-order valence-electron chi connectivity index (χ4n) is 2.95. The van der Waals surface area contributed by atoms with Gasteiger partial charge in [-0.15, -0.1) is 0 Å². The number of anilines is 1. The Kier molecular flexibility index (Phi) is 4.70. The van der Waals surface area contributed by atoms with E-state index in [1.807, 2.05) is 12.1 Å². The lowest BCUT2D eigenvalue weighted by Gasteiger charge is -2.33. The topological polar surface area (TPSA) is 38.2 Å². The van der Waals surface area contributed by atoms with Crippen LogP contribution in [0.15, 0.2) is 29.0 Å². The summed E-state index contributed by atoms with van der Waals surface area (Å²) in [5.41, 5.74) is 0.995. The van der Waals surface area contributed by atoms with Gasteiger partial charge in [-0.1, -0.05) is 15.9 Å². The molecule has 4 nitrogen and oxygen atoms in total. The number of aromatic nitrogens is 2. The molecular formula is C16H20BrN3O. The average Bonchev–Trinajstić information content (AvgIpc) is 2.52. The molecule has 5 heteroatoms. The van der Waals surface area contributed by atoms with Gasteiger partial charge in [-0.25, -0.2) is 9.97 Å². The molecule has 1 aliphatic heterocycles. The van der Waals surface area contributed by atoms with Crippen LogP contribution >= 0.6 is 15.9 Å². The van der Waals surface area contributed by atoms with Crippen LogP contribution in [0.3, 0.4) is 0 Å². The van der Waals surface area contributed by atoms with Crippen molar-refractivity contribution >= 4 is 32.7 Å². The zero-order valence-electron chi connectivity index (χ0n) is 12.3. The minimum absolute atomic E-state index is 0.593. The summed E-state index contributed by atoms with van der Waals surface area (Å²) in [4.78, 5) is 11.3. The highest BCUT2D eigenvalue weighted by molar-refractivity contribution is 9.10. The number of hydrogen-bond donors (Lipinski definition) is 0. The highest BCUT2D eigenvalue weighted by Gasteiger charge is 2.22. The molecule has 1 fully saturated rings. The van der Waals surface area contributed by atoms with E-state index in [2.05, 4.69) is 43.8 Å². The van der Waals surface area contributed by atoms with Crippen molar-refractivity contribution in [2.45, 2.75) is 19.8 Å². The Balaban J connectivity index is 1.87. The van der Waals surface area contributed by atoms with E-state index in [1.165, 1.54) is 12.8 Å². The third kappa shape index (κ3) is 3.35. The molecule has 0 aliphatic carbocycles. The van der Waals surface area contributed by atoms with E-state index in [4.69, 9.17) is 4.74 Å². The van der Waals surface area contributed by atoms with Crippen molar-refractivity contribution in [1.82, 2.24) is 9.97 Å². The highest BCUT2D eigenvalue weighted by Crippen LogP contribution is 2.29. The number of ether oxygens (including phenoxy) is 1. The third-order valence-electron chi connectivity index (χ3n) is 3.95. The van der Waals surface area contributed by atoms with Crippen LogP contribution in [0.2, 0.25) is 0 Å². The molecule has 0 radical (unpaired) electrons. The van der Waals surface area contributed by atoms with Gasteiger partial charge in [0.2, 0.25) is 0 Å². The fourth-order valence-corrected chi connectivity index (χ4v) is 3.31. The fraction of sp³-hybridized carbons (Fsp3) is 0.500. The molecule has 3 rings (SSSR count). The van der Waals surface area contributed by atoms with Crippen LogP contribution in [0.4, 0.5) is 5.82 Å². The van der Waals surface area contributed by atoms with Crippen molar-refractivity contribution in [1.29, 1.82) is 0 Å². The van der Waals surface area contributed by atoms with Crippen LogP contribution in [0.1, 0.15) is 19.8 Å². The van der Waals surface area contributed by atoms with E-state index in [1.54, 1.807) is 6.33 Å². The molecule has 112 valence electrons. The standard InChI is InChI=1S/C16H20BrN3O/c1-2-21-10-12-4-3-7-20(9-12)16-14-8-13(17)5-6-15(14)18-11-19-16/h5-6,8,11-12H,2-4,7,9-10H2,1H3. The summed E-state index contributed by atoms with van der Waals surface area (Å²) in [6, 6.07) is 6.16. The van der Waals surface area contributed by atoms with E-state index in [0.29, 0.717) is 5.92 Å². The van der Waals surface area contributed by atoms with Crippen molar-refractivity contribution in [3.63, 3.8) is 0 Å². The summed E-state index contributed by atoms with van der Waals surface area (Å²) in [6.45, 7) is 5.76. The quantitative estimate of drug-likeness (QED) is 0.844. The Hall–Kier alpha value is -1.20. The van der Waals surface area contributed by atoms with Gasteiger partial charge in [0.25, 0.3) is 0 Å². The smallest absolute Gasteiger partial charge is 0.139 e. The van der Waals surface area contributed by atoms with Gasteiger partial charge in [-0.3, -0.25) is 0 Å². The van der Waals surface area contributed by atoms with Gasteiger partial charge in [0.05, 0.1) is 12.1 Å². The molecule has 2 aromatic rings. The van der Waals surface area contributed by atoms with E-state index in [-0.39, 0.29) is 0 Å². The van der Waals surface area contributed by atoms with E-state index < -0.39 is 0 Å². The number of rotatable bonds is 4. The van der Waals surface area contributed by atoms with Gasteiger partial charge in [0.15, 0.2) is 0 Å². The summed E-state index contributed by atoms with van der Waals surface area (Å²) in [7, 11) is 0. The Morgan fingerprint density at radius 3 is 3.14 bits per heavy atom. The van der Waals surface area contributed by atoms with Gasteiger partial charge in [0, 0.05) is 29.6 Å². The molecular weight excluding hydrogens is 330 g/mol. The summed E-state index contributed by atoms with van der Waals surface area (Å²) in [6.07, 6.45) is 4.10. The zero-order valence-corrected chi connectivity index (χ0v) is 13.8. The third-order valence-corrected chi connectivity index (χ3v) is 4.45. The highest BCUT2D eigenvalue weighted by atomic mass is 79.9. The molecule has 1 aromatic heterocycles. The lowest BCUT2D eigenvalue weighted by molar-refractivity contribution is 0.104. The van der Waals surface area contributed by atoms with Gasteiger partial charge in [0.1, 0.15) is 12.1 Å². The second kappa shape index (κ2) is 6.71. The molecule has 1 aromatic carbocycles. The maximum atomic E-state index is 5.60. The first-order valence-electron chi connectivity index (χ1n) is 7.51. The Morgan fingerprint density at radius 1 is 1.38 bits per heavy atom. The molecule has 0 bridgehead atoms. The van der Waals surface area contributed by atoms with E-state index >= 15 is 0 Å². The van der Waals surface area contributed by atoms with Crippen LogP contribution in [-0.4, -0.2) is 36.3 Å². The Bertz CT molecular complexity index is 619. The van der Waals surface area contributed by atoms with Crippen LogP contribution < -0.4 is 4.90 Å². The summed E-state index contributed by atoms with van der Waals surface area (Å²) < 4.78 is 6.66. The molecule has 1 aliphatic rings. The predicted molar refractivity (Wildman–Crippen MR) is 88.7 cm³/mol. The monoisotopic (exact) mass is 349 g/mol. The largest absolute Gasteiger partial charge is 0.381 e. The second-order valence-electron chi connectivity index (χ2n) is 5.47. The zero-order chi connectivity index (χ0) is 14.7. The maximum absolute atomic E-state index is 5.60. The molecule has 1 unspecified atom stereocenters. The molecule has 2 heterocycles. The van der Waals surface area contributed by atoms with Crippen molar-refractivity contribution in [2.24, 2.45) is 5.92 Å². The number of nitrogens with zero attached hydrogens (tertiary/aromatic N) is 3. The van der Waals surface area contributed by atoms with Gasteiger partial charge >= 0.3 is 0 Å². The van der Waals surface area contributed by atoms with Crippen molar-refractivity contribution in [2.75, 3.05) is 31.2 Å². The van der Waals surface area contributed by atoms with Crippen LogP contribution in [0, 0.1) is 5.92 Å². The Morgan fingerprint density at radius 2 is 2.29 bits per heavy atom. The van der Waals surface area contributed by atoms with E-state index in [9.17, 15) is 0 Å². The van der Waals surface area contributed by atoms with Crippen LogP contribution in [0.5, 0.6) is 0 Å². The van der Waals surface area contributed by atoms with Crippen LogP contribution in [-0.2, 0) is 4.74 Å². The lowest BCUT2D eigenvalue weighted by Crippen LogP contribution is -2.37. The number of fused-ring (bicyclic) bond motifs is 1. The number of piperidine rings is 1. The van der Waals surface area contributed by atoms with Crippen molar-refractivity contribution in [3.05, 3.63) is 29.0 Å². The Labute approximate surface area is 133 Å². The molecule has 1 saturated heterocycles. The summed E-state index contributed by atoms with van der Waals surface area (Å²) in [5.74, 6) is 1.64. The number of hydrogen-bond acceptors (Lipinski definition) is 4. The maximum Gasteiger partial charge on any atom is 0.139 e. The first kappa shape index (κ1) is 14.7. The molecule has 0 saturated carbocycles.